The van der Waals surface area contributed by atoms with Gasteiger partial charge >= 0.3 is 0 Å². The van der Waals surface area contributed by atoms with Gasteiger partial charge in [0.15, 0.2) is 0 Å². The van der Waals surface area contributed by atoms with E-state index < -0.39 is 0 Å². The van der Waals surface area contributed by atoms with E-state index in [0.717, 1.165) is 19.4 Å². The molecule has 1 fully saturated rings. The van der Waals surface area contributed by atoms with Crippen LogP contribution in [-0.4, -0.2) is 29.8 Å². The maximum absolute atomic E-state index is 11.2. The highest BCUT2D eigenvalue weighted by atomic mass is 16.2. The van der Waals surface area contributed by atoms with Crippen LogP contribution in [0, 0.1) is 5.92 Å². The Labute approximate surface area is 77.2 Å². The maximum Gasteiger partial charge on any atom is 0.238 e. The maximum atomic E-state index is 11.2. The second kappa shape index (κ2) is 4.23. The molecule has 0 radical (unpaired) electrons. The number of hydrazine groups is 1. The summed E-state index contributed by atoms with van der Waals surface area (Å²) in [6.07, 6.45) is 1.68. The lowest BCUT2D eigenvalue weighted by molar-refractivity contribution is -0.133. The molecule has 1 atom stereocenters. The number of amides is 2. The van der Waals surface area contributed by atoms with Gasteiger partial charge in [-0.2, -0.15) is 0 Å². The molecule has 0 aromatic carbocycles. The summed E-state index contributed by atoms with van der Waals surface area (Å²) >= 11 is 0. The van der Waals surface area contributed by atoms with Gasteiger partial charge in [0.2, 0.25) is 11.8 Å². The summed E-state index contributed by atoms with van der Waals surface area (Å²) < 4.78 is 0. The first-order chi connectivity index (χ1) is 6.15. The Bertz CT molecular complexity index is 217. The predicted octanol–water partition coefficient (Wildman–Crippen LogP) is -0.765. The van der Waals surface area contributed by atoms with Crippen molar-refractivity contribution in [1.82, 2.24) is 10.3 Å². The molecule has 1 aliphatic heterocycles. The zero-order valence-electron chi connectivity index (χ0n) is 7.75. The first-order valence-electron chi connectivity index (χ1n) is 4.41. The van der Waals surface area contributed by atoms with Gasteiger partial charge in [0, 0.05) is 20.0 Å². The van der Waals surface area contributed by atoms with Gasteiger partial charge < -0.3 is 4.90 Å². The van der Waals surface area contributed by atoms with Crippen LogP contribution in [0.2, 0.25) is 0 Å². The minimum atomic E-state index is -0.175. The Morgan fingerprint density at radius 3 is 2.77 bits per heavy atom. The molecule has 1 saturated heterocycles. The molecular weight excluding hydrogens is 170 g/mol. The lowest BCUT2D eigenvalue weighted by Gasteiger charge is -2.30. The van der Waals surface area contributed by atoms with E-state index >= 15 is 0 Å². The fourth-order valence-corrected chi connectivity index (χ4v) is 1.60. The number of nitrogens with two attached hydrogens (primary N) is 1. The highest BCUT2D eigenvalue weighted by Crippen LogP contribution is 2.16. The zero-order chi connectivity index (χ0) is 9.84. The number of carbonyl (C=O) groups excluding carboxylic acids is 2. The highest BCUT2D eigenvalue weighted by molar-refractivity contribution is 5.80. The second-order valence-electron chi connectivity index (χ2n) is 3.31. The summed E-state index contributed by atoms with van der Waals surface area (Å²) in [4.78, 5) is 23.9. The van der Waals surface area contributed by atoms with Gasteiger partial charge in [0.05, 0.1) is 5.92 Å². The quantitative estimate of drug-likeness (QED) is 0.320. The topological polar surface area (TPSA) is 75.4 Å². The first kappa shape index (κ1) is 9.98. The Balaban J connectivity index is 2.51. The van der Waals surface area contributed by atoms with Crippen LogP contribution in [0.5, 0.6) is 0 Å². The molecule has 0 aromatic heterocycles. The second-order valence-corrected chi connectivity index (χ2v) is 3.31. The molecule has 1 heterocycles. The number of hydrogen-bond donors (Lipinski definition) is 2. The van der Waals surface area contributed by atoms with Crippen LogP contribution in [-0.2, 0) is 9.59 Å². The fourth-order valence-electron chi connectivity index (χ4n) is 1.60. The van der Waals surface area contributed by atoms with Crippen molar-refractivity contribution in [3.05, 3.63) is 0 Å². The molecule has 74 valence electrons. The van der Waals surface area contributed by atoms with Crippen LogP contribution >= 0.6 is 0 Å². The summed E-state index contributed by atoms with van der Waals surface area (Å²) in [5, 5.41) is 0. The predicted molar refractivity (Wildman–Crippen MR) is 47.3 cm³/mol. The Kier molecular flexibility index (Phi) is 3.25. The van der Waals surface area contributed by atoms with Gasteiger partial charge in [0.25, 0.3) is 0 Å². The number of nitrogens with zero attached hydrogens (tertiary/aromatic N) is 1. The normalized spacial score (nSPS) is 22.6. The number of likely N-dealkylation sites (tertiary alicyclic amines) is 1. The van der Waals surface area contributed by atoms with Gasteiger partial charge in [0.1, 0.15) is 0 Å². The smallest absolute Gasteiger partial charge is 0.238 e. The Hall–Kier alpha value is -1.10. The summed E-state index contributed by atoms with van der Waals surface area (Å²) in [5.41, 5.74) is 2.12. The van der Waals surface area contributed by atoms with Gasteiger partial charge in [-0.05, 0) is 12.8 Å². The van der Waals surface area contributed by atoms with Crippen LogP contribution in [0.3, 0.4) is 0 Å². The number of rotatable bonds is 1. The van der Waals surface area contributed by atoms with Crippen LogP contribution in [0.1, 0.15) is 19.8 Å². The first-order valence-corrected chi connectivity index (χ1v) is 4.41. The summed E-state index contributed by atoms with van der Waals surface area (Å²) in [6, 6.07) is 0. The van der Waals surface area contributed by atoms with E-state index in [1.165, 1.54) is 6.92 Å². The standard InChI is InChI=1S/C8H15N3O2/c1-6(12)11-4-2-3-7(5-11)8(13)10-9/h7H,2-5,9H2,1H3,(H,10,13)/t7-/m0/s1. The summed E-state index contributed by atoms with van der Waals surface area (Å²) in [7, 11) is 0. The van der Waals surface area contributed by atoms with Crippen molar-refractivity contribution in [2.45, 2.75) is 19.8 Å². The van der Waals surface area contributed by atoms with Gasteiger partial charge in [-0.25, -0.2) is 5.84 Å². The van der Waals surface area contributed by atoms with Crippen molar-refractivity contribution >= 4 is 11.8 Å². The molecule has 0 aromatic rings. The third-order valence-electron chi connectivity index (χ3n) is 2.38. The molecule has 3 N–H and O–H groups in total. The molecule has 1 rings (SSSR count). The highest BCUT2D eigenvalue weighted by Gasteiger charge is 2.26. The molecule has 5 nitrogen and oxygen atoms in total. The number of nitrogens with one attached hydrogen (secondary N) is 1. The molecule has 2 amide bonds. The Morgan fingerprint density at radius 2 is 2.23 bits per heavy atom. The lowest BCUT2D eigenvalue weighted by atomic mass is 9.97. The van der Waals surface area contributed by atoms with Crippen LogP contribution in [0.4, 0.5) is 0 Å². The number of piperidine rings is 1. The van der Waals surface area contributed by atoms with Crippen LogP contribution < -0.4 is 11.3 Å². The average Bonchev–Trinajstić information content (AvgIpc) is 2.17. The van der Waals surface area contributed by atoms with Crippen LogP contribution in [0.15, 0.2) is 0 Å². The molecule has 5 heteroatoms. The molecule has 1 aliphatic rings. The van der Waals surface area contributed by atoms with Gasteiger partial charge in [-0.15, -0.1) is 0 Å². The minimum Gasteiger partial charge on any atom is -0.342 e. The molecule has 0 spiro atoms. The molecule has 0 saturated carbocycles. The monoisotopic (exact) mass is 185 g/mol. The SMILES string of the molecule is CC(=O)N1CCC[C@H](C(=O)NN)C1. The van der Waals surface area contributed by atoms with E-state index in [4.69, 9.17) is 5.84 Å². The van der Waals surface area contributed by atoms with Crippen molar-refractivity contribution in [2.75, 3.05) is 13.1 Å². The van der Waals surface area contributed by atoms with Crippen LogP contribution in [0.25, 0.3) is 0 Å². The third-order valence-corrected chi connectivity index (χ3v) is 2.38. The molecule has 0 unspecified atom stereocenters. The average molecular weight is 185 g/mol. The van der Waals surface area contributed by atoms with E-state index in [1.54, 1.807) is 4.90 Å². The number of carbonyl (C=O) groups is 2. The van der Waals surface area contributed by atoms with E-state index in [-0.39, 0.29) is 17.7 Å². The van der Waals surface area contributed by atoms with Crippen molar-refractivity contribution in [3.63, 3.8) is 0 Å². The molecule has 13 heavy (non-hydrogen) atoms. The van der Waals surface area contributed by atoms with Crippen molar-refractivity contribution < 1.29 is 9.59 Å². The largest absolute Gasteiger partial charge is 0.342 e. The third kappa shape index (κ3) is 2.42. The molecular formula is C8H15N3O2. The summed E-state index contributed by atoms with van der Waals surface area (Å²) in [6.45, 7) is 2.77. The van der Waals surface area contributed by atoms with E-state index in [0.29, 0.717) is 6.54 Å². The molecule has 0 bridgehead atoms. The van der Waals surface area contributed by atoms with Gasteiger partial charge in [-0.3, -0.25) is 15.0 Å². The van der Waals surface area contributed by atoms with E-state index in [9.17, 15) is 9.59 Å². The van der Waals surface area contributed by atoms with Crippen molar-refractivity contribution in [1.29, 1.82) is 0 Å². The van der Waals surface area contributed by atoms with E-state index in [1.807, 2.05) is 0 Å². The molecule has 0 aliphatic carbocycles. The Morgan fingerprint density at radius 1 is 1.54 bits per heavy atom. The lowest BCUT2D eigenvalue weighted by Crippen LogP contribution is -2.46. The van der Waals surface area contributed by atoms with E-state index in [2.05, 4.69) is 5.43 Å². The van der Waals surface area contributed by atoms with Gasteiger partial charge in [-0.1, -0.05) is 0 Å². The minimum absolute atomic E-state index is 0.0227. The number of hydrogen-bond acceptors (Lipinski definition) is 3. The summed E-state index contributed by atoms with van der Waals surface area (Å²) in [5.74, 6) is 4.73. The van der Waals surface area contributed by atoms with Crippen molar-refractivity contribution in [3.8, 4) is 0 Å². The fraction of sp³-hybridized carbons (Fsp3) is 0.750. The van der Waals surface area contributed by atoms with Crippen molar-refractivity contribution in [2.24, 2.45) is 11.8 Å². The zero-order valence-corrected chi connectivity index (χ0v) is 7.75.